The van der Waals surface area contributed by atoms with Gasteiger partial charge in [-0.15, -0.1) is 11.3 Å². The summed E-state index contributed by atoms with van der Waals surface area (Å²) in [5.41, 5.74) is 3.53. The predicted molar refractivity (Wildman–Crippen MR) is 121 cm³/mol. The normalized spacial score (nSPS) is 18.6. The van der Waals surface area contributed by atoms with E-state index in [2.05, 4.69) is 15.3 Å². The summed E-state index contributed by atoms with van der Waals surface area (Å²) in [5.74, 6) is -1.44. The first-order valence-electron chi connectivity index (χ1n) is 10.4. The molecule has 162 valence electrons. The lowest BCUT2D eigenvalue weighted by Gasteiger charge is -2.26. The highest BCUT2D eigenvalue weighted by Gasteiger charge is 2.27. The van der Waals surface area contributed by atoms with Crippen molar-refractivity contribution in [2.75, 3.05) is 0 Å². The van der Waals surface area contributed by atoms with E-state index in [0.717, 1.165) is 10.4 Å². The number of benzene rings is 1. The summed E-state index contributed by atoms with van der Waals surface area (Å²) in [4.78, 5) is 47.0. The Morgan fingerprint density at radius 2 is 1.97 bits per heavy atom. The van der Waals surface area contributed by atoms with E-state index < -0.39 is 5.97 Å². The molecule has 0 saturated heterocycles. The molecule has 0 unspecified atom stereocenters. The van der Waals surface area contributed by atoms with Gasteiger partial charge in [-0.3, -0.25) is 23.8 Å². The van der Waals surface area contributed by atoms with Gasteiger partial charge in [0.15, 0.2) is 5.65 Å². The molecular formula is C23H20N4O4S. The van der Waals surface area contributed by atoms with Gasteiger partial charge in [0, 0.05) is 18.4 Å². The molecule has 4 aromatic rings. The number of hydrogen-bond acceptors (Lipinski definition) is 6. The fourth-order valence-corrected chi connectivity index (χ4v) is 4.88. The number of amides is 1. The number of aliphatic carboxylic acids is 1. The van der Waals surface area contributed by atoms with Gasteiger partial charge in [-0.25, -0.2) is 4.98 Å². The Labute approximate surface area is 186 Å². The Morgan fingerprint density at radius 1 is 1.16 bits per heavy atom. The zero-order chi connectivity index (χ0) is 22.2. The summed E-state index contributed by atoms with van der Waals surface area (Å²) in [7, 11) is 0. The van der Waals surface area contributed by atoms with Gasteiger partial charge in [0.2, 0.25) is 0 Å². The summed E-state index contributed by atoms with van der Waals surface area (Å²) in [6, 6.07) is 8.70. The van der Waals surface area contributed by atoms with Crippen LogP contribution in [0.3, 0.4) is 0 Å². The number of carbonyl (C=O) groups is 2. The third-order valence-corrected chi connectivity index (χ3v) is 6.83. The second kappa shape index (κ2) is 8.16. The highest BCUT2D eigenvalue weighted by molar-refractivity contribution is 7.13. The second-order valence-corrected chi connectivity index (χ2v) is 8.88. The molecule has 0 atom stereocenters. The zero-order valence-corrected chi connectivity index (χ0v) is 17.8. The number of aromatic nitrogens is 3. The predicted octanol–water partition coefficient (Wildman–Crippen LogP) is 3.34. The van der Waals surface area contributed by atoms with Gasteiger partial charge in [-0.2, -0.15) is 0 Å². The van der Waals surface area contributed by atoms with Crippen molar-refractivity contribution in [1.82, 2.24) is 19.7 Å². The average molecular weight is 449 g/mol. The van der Waals surface area contributed by atoms with Gasteiger partial charge in [-0.1, -0.05) is 6.07 Å². The first-order chi connectivity index (χ1) is 15.5. The number of carboxylic acid groups (broad SMARTS) is 1. The van der Waals surface area contributed by atoms with E-state index in [4.69, 9.17) is 5.11 Å². The first-order valence-corrected chi connectivity index (χ1v) is 11.3. The number of nitrogens with zero attached hydrogens (tertiary/aromatic N) is 3. The second-order valence-electron chi connectivity index (χ2n) is 7.99. The van der Waals surface area contributed by atoms with Crippen LogP contribution in [0.15, 0.2) is 53.0 Å². The lowest BCUT2D eigenvalue weighted by molar-refractivity contribution is -0.142. The SMILES string of the molecule is O=C(NC1CCC(C(=O)O)CC1)c1cccn2c(=O)c3cc(-c4cncs4)ccc3nc12. The van der Waals surface area contributed by atoms with Crippen molar-refractivity contribution in [1.29, 1.82) is 0 Å². The molecule has 3 heterocycles. The quantitative estimate of drug-likeness (QED) is 0.463. The van der Waals surface area contributed by atoms with Crippen LogP contribution in [0.2, 0.25) is 0 Å². The lowest BCUT2D eigenvalue weighted by atomic mass is 9.86. The first kappa shape index (κ1) is 20.3. The molecule has 1 aliphatic carbocycles. The molecule has 3 aromatic heterocycles. The molecule has 0 bridgehead atoms. The molecule has 1 fully saturated rings. The van der Waals surface area contributed by atoms with Crippen LogP contribution >= 0.6 is 11.3 Å². The van der Waals surface area contributed by atoms with Crippen LogP contribution in [0, 0.1) is 5.92 Å². The largest absolute Gasteiger partial charge is 0.481 e. The topological polar surface area (TPSA) is 114 Å². The van der Waals surface area contributed by atoms with Crippen LogP contribution in [-0.2, 0) is 4.79 Å². The van der Waals surface area contributed by atoms with Crippen molar-refractivity contribution in [3.05, 3.63) is 64.2 Å². The van der Waals surface area contributed by atoms with E-state index in [-0.39, 0.29) is 23.4 Å². The fourth-order valence-electron chi connectivity index (χ4n) is 4.26. The van der Waals surface area contributed by atoms with Crippen LogP contribution in [0.1, 0.15) is 36.0 Å². The molecule has 0 aliphatic heterocycles. The molecule has 9 heteroatoms. The third kappa shape index (κ3) is 3.64. The maximum Gasteiger partial charge on any atom is 0.306 e. The highest BCUT2D eigenvalue weighted by Crippen LogP contribution is 2.27. The summed E-state index contributed by atoms with van der Waals surface area (Å²) in [6.45, 7) is 0. The maximum absolute atomic E-state index is 13.2. The molecular weight excluding hydrogens is 428 g/mol. The van der Waals surface area contributed by atoms with Gasteiger partial charge < -0.3 is 10.4 Å². The number of hydrogen-bond donors (Lipinski definition) is 2. The summed E-state index contributed by atoms with van der Waals surface area (Å²) in [5, 5.41) is 12.6. The number of carbonyl (C=O) groups excluding carboxylic acids is 1. The summed E-state index contributed by atoms with van der Waals surface area (Å²) >= 11 is 1.49. The van der Waals surface area contributed by atoms with E-state index in [1.807, 2.05) is 6.07 Å². The van der Waals surface area contributed by atoms with Gasteiger partial charge in [0.1, 0.15) is 0 Å². The molecule has 8 nitrogen and oxygen atoms in total. The van der Waals surface area contributed by atoms with E-state index in [1.54, 1.807) is 42.2 Å². The van der Waals surface area contributed by atoms with Gasteiger partial charge in [0.25, 0.3) is 11.5 Å². The van der Waals surface area contributed by atoms with Crippen molar-refractivity contribution in [2.45, 2.75) is 31.7 Å². The smallest absolute Gasteiger partial charge is 0.306 e. The number of carboxylic acids is 1. The Bertz CT molecular complexity index is 1390. The van der Waals surface area contributed by atoms with E-state index in [1.165, 1.54) is 15.7 Å². The van der Waals surface area contributed by atoms with E-state index >= 15 is 0 Å². The van der Waals surface area contributed by atoms with Crippen molar-refractivity contribution in [3.63, 3.8) is 0 Å². The van der Waals surface area contributed by atoms with Crippen molar-refractivity contribution < 1.29 is 14.7 Å². The standard InChI is InChI=1S/C23H20N4O4S/c28-21(25-15-6-3-13(4-7-15)23(30)31)16-2-1-9-27-20(16)26-18-8-5-14(10-17(18)22(27)29)19-11-24-12-32-19/h1-2,5,8-13,15H,3-4,6-7H2,(H,25,28)(H,30,31). The van der Waals surface area contributed by atoms with Crippen molar-refractivity contribution >= 4 is 39.8 Å². The van der Waals surface area contributed by atoms with Crippen molar-refractivity contribution in [2.24, 2.45) is 5.92 Å². The molecule has 1 aliphatic rings. The molecule has 1 aromatic carbocycles. The van der Waals surface area contributed by atoms with Crippen LogP contribution < -0.4 is 10.9 Å². The fraction of sp³-hybridized carbons (Fsp3) is 0.261. The Kier molecular flexibility index (Phi) is 5.18. The van der Waals surface area contributed by atoms with E-state index in [0.29, 0.717) is 47.8 Å². The monoisotopic (exact) mass is 448 g/mol. The summed E-state index contributed by atoms with van der Waals surface area (Å²) < 4.78 is 1.40. The number of nitrogens with one attached hydrogen (secondary N) is 1. The molecule has 2 N–H and O–H groups in total. The van der Waals surface area contributed by atoms with Crippen LogP contribution in [0.5, 0.6) is 0 Å². The van der Waals surface area contributed by atoms with Crippen LogP contribution in [0.4, 0.5) is 0 Å². The summed E-state index contributed by atoms with van der Waals surface area (Å²) in [6.07, 6.45) is 5.68. The number of pyridine rings is 1. The number of rotatable bonds is 4. The zero-order valence-electron chi connectivity index (χ0n) is 17.0. The minimum atomic E-state index is -0.780. The molecule has 1 amide bonds. The third-order valence-electron chi connectivity index (χ3n) is 6.01. The minimum Gasteiger partial charge on any atom is -0.481 e. The highest BCUT2D eigenvalue weighted by atomic mass is 32.1. The minimum absolute atomic E-state index is 0.0903. The number of fused-ring (bicyclic) bond motifs is 2. The number of thiazole rings is 1. The Morgan fingerprint density at radius 3 is 2.69 bits per heavy atom. The molecule has 0 radical (unpaired) electrons. The van der Waals surface area contributed by atoms with E-state index in [9.17, 15) is 14.4 Å². The molecule has 32 heavy (non-hydrogen) atoms. The molecule has 1 saturated carbocycles. The van der Waals surface area contributed by atoms with Gasteiger partial charge >= 0.3 is 5.97 Å². The Balaban J connectivity index is 1.48. The average Bonchev–Trinajstić information content (AvgIpc) is 3.34. The van der Waals surface area contributed by atoms with Gasteiger partial charge in [-0.05, 0) is 55.5 Å². The van der Waals surface area contributed by atoms with Crippen LogP contribution in [0.25, 0.3) is 27.0 Å². The van der Waals surface area contributed by atoms with Gasteiger partial charge in [0.05, 0.1) is 32.8 Å². The van der Waals surface area contributed by atoms with Crippen LogP contribution in [-0.4, -0.2) is 37.4 Å². The maximum atomic E-state index is 13.2. The van der Waals surface area contributed by atoms with Crippen molar-refractivity contribution in [3.8, 4) is 10.4 Å². The lowest BCUT2D eigenvalue weighted by Crippen LogP contribution is -2.39. The Hall–Kier alpha value is -3.59. The molecule has 0 spiro atoms. The molecule has 5 rings (SSSR count).